The fourth-order valence-electron chi connectivity index (χ4n) is 3.09. The zero-order chi connectivity index (χ0) is 22.7. The lowest BCUT2D eigenvalue weighted by Crippen LogP contribution is -2.12. The first-order valence-electron chi connectivity index (χ1n) is 9.83. The van der Waals surface area contributed by atoms with Crippen LogP contribution >= 0.6 is 34.7 Å². The van der Waals surface area contributed by atoms with E-state index in [1.165, 1.54) is 17.8 Å². The van der Waals surface area contributed by atoms with Gasteiger partial charge in [0.2, 0.25) is 0 Å². The predicted molar refractivity (Wildman–Crippen MR) is 123 cm³/mol. The van der Waals surface area contributed by atoms with Crippen molar-refractivity contribution in [3.8, 4) is 16.3 Å². The van der Waals surface area contributed by atoms with Gasteiger partial charge in [-0.25, -0.2) is 13.8 Å². The summed E-state index contributed by atoms with van der Waals surface area (Å²) < 4.78 is 34.7. The number of benzene rings is 2. The van der Waals surface area contributed by atoms with Crippen LogP contribution in [0.2, 0.25) is 5.02 Å². The third kappa shape index (κ3) is 4.95. The Morgan fingerprint density at radius 1 is 1.19 bits per heavy atom. The number of thioether (sulfide) groups is 1. The summed E-state index contributed by atoms with van der Waals surface area (Å²) in [6.07, 6.45) is -0.567. The van der Waals surface area contributed by atoms with E-state index >= 15 is 0 Å². The van der Waals surface area contributed by atoms with Crippen LogP contribution in [0.3, 0.4) is 0 Å². The number of ether oxygens (including phenoxy) is 1. The van der Waals surface area contributed by atoms with Crippen molar-refractivity contribution in [3.05, 3.63) is 76.0 Å². The van der Waals surface area contributed by atoms with Crippen LogP contribution in [0.1, 0.15) is 31.5 Å². The van der Waals surface area contributed by atoms with Crippen molar-refractivity contribution in [1.82, 2.24) is 19.7 Å². The zero-order valence-corrected chi connectivity index (χ0v) is 19.6. The Kier molecular flexibility index (Phi) is 7.07. The van der Waals surface area contributed by atoms with Crippen molar-refractivity contribution in [1.29, 1.82) is 0 Å². The summed E-state index contributed by atoms with van der Waals surface area (Å²) in [7, 11) is 0. The van der Waals surface area contributed by atoms with Gasteiger partial charge in [0.1, 0.15) is 10.8 Å². The number of rotatable bonds is 8. The number of hydrogen-bond acceptors (Lipinski definition) is 6. The van der Waals surface area contributed by atoms with Crippen LogP contribution in [0.5, 0.6) is 5.75 Å². The molecule has 2 aromatic carbocycles. The third-order valence-electron chi connectivity index (χ3n) is 4.63. The van der Waals surface area contributed by atoms with Gasteiger partial charge in [0.25, 0.3) is 0 Å². The maximum absolute atomic E-state index is 13.9. The Balaban J connectivity index is 1.46. The van der Waals surface area contributed by atoms with E-state index in [0.29, 0.717) is 28.3 Å². The second-order valence-corrected chi connectivity index (χ2v) is 9.04. The Morgan fingerprint density at radius 2 is 2.00 bits per heavy atom. The van der Waals surface area contributed by atoms with E-state index in [9.17, 15) is 8.78 Å². The molecule has 5 nitrogen and oxygen atoms in total. The summed E-state index contributed by atoms with van der Waals surface area (Å²) in [5, 5.41) is 12.8. The zero-order valence-electron chi connectivity index (χ0n) is 17.3. The van der Waals surface area contributed by atoms with E-state index in [2.05, 4.69) is 15.2 Å². The molecule has 4 aromatic rings. The molecular weight excluding hydrogens is 474 g/mol. The molecular formula is C22H19ClF2N4OS2. The molecule has 0 N–H and O–H groups in total. The van der Waals surface area contributed by atoms with Crippen molar-refractivity contribution in [3.63, 3.8) is 0 Å². The van der Waals surface area contributed by atoms with Gasteiger partial charge in [-0.1, -0.05) is 41.6 Å². The molecule has 166 valence electrons. The molecule has 0 aliphatic heterocycles. The molecule has 0 saturated carbocycles. The molecule has 0 aliphatic rings. The highest BCUT2D eigenvalue weighted by Gasteiger charge is 2.20. The highest BCUT2D eigenvalue weighted by molar-refractivity contribution is 7.98. The molecule has 1 unspecified atom stereocenters. The van der Waals surface area contributed by atoms with Crippen molar-refractivity contribution in [2.24, 2.45) is 0 Å². The second-order valence-electron chi connectivity index (χ2n) is 6.83. The summed E-state index contributed by atoms with van der Waals surface area (Å²) in [4.78, 5) is 4.69. The molecule has 0 saturated heterocycles. The second kappa shape index (κ2) is 9.97. The van der Waals surface area contributed by atoms with Gasteiger partial charge in [-0.05, 0) is 32.0 Å². The minimum absolute atomic E-state index is 0.0340. The van der Waals surface area contributed by atoms with Gasteiger partial charge in [0, 0.05) is 29.3 Å². The highest BCUT2D eigenvalue weighted by Crippen LogP contribution is 2.32. The molecule has 1 atom stereocenters. The summed E-state index contributed by atoms with van der Waals surface area (Å²) in [6.45, 7) is 4.34. The number of aromatic nitrogens is 4. The largest absolute Gasteiger partial charge is 0.480 e. The topological polar surface area (TPSA) is 52.8 Å². The molecule has 0 bridgehead atoms. The molecule has 0 fully saturated rings. The minimum atomic E-state index is -0.758. The van der Waals surface area contributed by atoms with Crippen LogP contribution < -0.4 is 4.74 Å². The molecule has 10 heteroatoms. The van der Waals surface area contributed by atoms with Gasteiger partial charge in [-0.15, -0.1) is 21.5 Å². The van der Waals surface area contributed by atoms with E-state index < -0.39 is 17.7 Å². The fraction of sp³-hybridized carbons (Fsp3) is 0.227. The molecule has 32 heavy (non-hydrogen) atoms. The van der Waals surface area contributed by atoms with Crippen molar-refractivity contribution >= 4 is 34.7 Å². The minimum Gasteiger partial charge on any atom is -0.480 e. The average Bonchev–Trinajstić information content (AvgIpc) is 3.41. The summed E-state index contributed by atoms with van der Waals surface area (Å²) in [6, 6.07) is 10.8. The molecule has 2 heterocycles. The fourth-order valence-corrected chi connectivity index (χ4v) is 5.24. The third-order valence-corrected chi connectivity index (χ3v) is 6.88. The molecule has 0 aliphatic carbocycles. The van der Waals surface area contributed by atoms with E-state index in [0.717, 1.165) is 28.4 Å². The highest BCUT2D eigenvalue weighted by atomic mass is 35.5. The number of hydrogen-bond donors (Lipinski definition) is 0. The first-order chi connectivity index (χ1) is 15.5. The molecule has 0 spiro atoms. The average molecular weight is 493 g/mol. The van der Waals surface area contributed by atoms with Crippen LogP contribution in [-0.2, 0) is 12.3 Å². The maximum Gasteiger partial charge on any atom is 0.191 e. The Bertz CT molecular complexity index is 1230. The van der Waals surface area contributed by atoms with E-state index in [1.807, 2.05) is 41.1 Å². The van der Waals surface area contributed by atoms with Gasteiger partial charge >= 0.3 is 0 Å². The summed E-state index contributed by atoms with van der Waals surface area (Å²) in [5.74, 6) is -0.271. The van der Waals surface area contributed by atoms with E-state index in [-0.39, 0.29) is 5.75 Å². The molecule has 0 radical (unpaired) electrons. The number of halogens is 3. The normalized spacial score (nSPS) is 12.2. The molecule has 0 amide bonds. The molecule has 2 aromatic heterocycles. The lowest BCUT2D eigenvalue weighted by atomic mass is 10.2. The molecule has 4 rings (SSSR count). The first kappa shape index (κ1) is 22.7. The Morgan fingerprint density at radius 3 is 2.75 bits per heavy atom. The van der Waals surface area contributed by atoms with Crippen molar-refractivity contribution < 1.29 is 13.5 Å². The monoisotopic (exact) mass is 492 g/mol. The SMILES string of the molecule is CCn1c(SCc2csc(-c3ccccc3Cl)n2)nnc1C(C)Oc1ccc(F)cc1F. The number of thiazole rings is 1. The van der Waals surface area contributed by atoms with Gasteiger partial charge in [0.15, 0.2) is 28.7 Å². The van der Waals surface area contributed by atoms with Gasteiger partial charge in [-0.2, -0.15) is 0 Å². The lowest BCUT2D eigenvalue weighted by Gasteiger charge is -2.16. The Hall–Kier alpha value is -2.49. The van der Waals surface area contributed by atoms with Crippen LogP contribution in [0.4, 0.5) is 8.78 Å². The van der Waals surface area contributed by atoms with Crippen LogP contribution in [0.25, 0.3) is 10.6 Å². The predicted octanol–water partition coefficient (Wildman–Crippen LogP) is 6.79. The van der Waals surface area contributed by atoms with Crippen molar-refractivity contribution in [2.75, 3.05) is 0 Å². The van der Waals surface area contributed by atoms with Crippen LogP contribution in [0, 0.1) is 11.6 Å². The van der Waals surface area contributed by atoms with Gasteiger partial charge in [-0.3, -0.25) is 0 Å². The van der Waals surface area contributed by atoms with E-state index in [1.54, 1.807) is 18.3 Å². The summed E-state index contributed by atoms with van der Waals surface area (Å²) in [5.41, 5.74) is 1.83. The quantitative estimate of drug-likeness (QED) is 0.253. The van der Waals surface area contributed by atoms with Crippen LogP contribution in [0.15, 0.2) is 53.0 Å². The van der Waals surface area contributed by atoms with Gasteiger partial charge in [0.05, 0.1) is 10.7 Å². The Labute approximate surface area is 197 Å². The smallest absolute Gasteiger partial charge is 0.191 e. The van der Waals surface area contributed by atoms with Crippen LogP contribution in [-0.4, -0.2) is 19.7 Å². The first-order valence-corrected chi connectivity index (χ1v) is 12.1. The van der Waals surface area contributed by atoms with E-state index in [4.69, 9.17) is 16.3 Å². The van der Waals surface area contributed by atoms with Gasteiger partial charge < -0.3 is 9.30 Å². The number of nitrogens with zero attached hydrogens (tertiary/aromatic N) is 4. The summed E-state index contributed by atoms with van der Waals surface area (Å²) >= 11 is 9.32. The lowest BCUT2D eigenvalue weighted by molar-refractivity contribution is 0.200. The van der Waals surface area contributed by atoms with Crippen molar-refractivity contribution in [2.45, 2.75) is 37.4 Å². The maximum atomic E-state index is 13.9. The standard InChI is InChI=1S/C22H19ClF2N4OS2/c1-3-29-20(13(2)30-19-9-8-14(24)10-18(19)25)27-28-22(29)32-12-15-11-31-21(26-15)16-6-4-5-7-17(16)23/h4-11,13H,3,12H2,1-2H3.